The van der Waals surface area contributed by atoms with Crippen molar-refractivity contribution in [1.82, 2.24) is 10.3 Å². The first-order valence-electron chi connectivity index (χ1n) is 6.83. The largest absolute Gasteiger partial charge is 0.387 e. The maximum atomic E-state index is 12.1. The van der Waals surface area contributed by atoms with Crippen molar-refractivity contribution in [2.75, 3.05) is 25.5 Å². The Morgan fingerprint density at radius 2 is 2.09 bits per heavy atom. The lowest BCUT2D eigenvalue weighted by Gasteiger charge is -2.15. The molecule has 0 radical (unpaired) electrons. The van der Waals surface area contributed by atoms with Crippen LogP contribution in [-0.4, -0.2) is 36.6 Å². The maximum absolute atomic E-state index is 12.1. The van der Waals surface area contributed by atoms with E-state index in [1.54, 1.807) is 42.6 Å². The minimum Gasteiger partial charge on any atom is -0.387 e. The standard InChI is InChI=1S/C16H18ClN3O2/c1-20(2)15-9-11(7-8-18-15)16(22)19-10-14(21)12-5-3-4-6-13(12)17/h3-9,14,21H,10H2,1-2H3,(H,19,22). The summed E-state index contributed by atoms with van der Waals surface area (Å²) in [5.74, 6) is 0.427. The topological polar surface area (TPSA) is 65.5 Å². The second-order valence-electron chi connectivity index (χ2n) is 5.04. The lowest BCUT2D eigenvalue weighted by molar-refractivity contribution is 0.0916. The van der Waals surface area contributed by atoms with E-state index in [9.17, 15) is 9.90 Å². The number of aliphatic hydroxyl groups excluding tert-OH is 1. The summed E-state index contributed by atoms with van der Waals surface area (Å²) in [5.41, 5.74) is 1.08. The van der Waals surface area contributed by atoms with E-state index in [2.05, 4.69) is 10.3 Å². The number of hydrogen-bond acceptors (Lipinski definition) is 4. The van der Waals surface area contributed by atoms with Gasteiger partial charge in [-0.3, -0.25) is 4.79 Å². The molecule has 0 aliphatic rings. The van der Waals surface area contributed by atoms with Crippen LogP contribution in [-0.2, 0) is 0 Å². The van der Waals surface area contributed by atoms with Gasteiger partial charge in [0.15, 0.2) is 0 Å². The molecule has 1 amide bonds. The van der Waals surface area contributed by atoms with E-state index in [0.29, 0.717) is 22.0 Å². The molecule has 1 unspecified atom stereocenters. The fourth-order valence-electron chi connectivity index (χ4n) is 1.95. The lowest BCUT2D eigenvalue weighted by Crippen LogP contribution is -2.28. The number of benzene rings is 1. The van der Waals surface area contributed by atoms with Crippen LogP contribution in [0.1, 0.15) is 22.0 Å². The first-order chi connectivity index (χ1) is 10.5. The third kappa shape index (κ3) is 3.96. The minimum atomic E-state index is -0.854. The number of hydrogen-bond donors (Lipinski definition) is 2. The molecule has 0 bridgehead atoms. The number of aromatic nitrogens is 1. The van der Waals surface area contributed by atoms with Gasteiger partial charge in [0.1, 0.15) is 5.82 Å². The number of anilines is 1. The van der Waals surface area contributed by atoms with Gasteiger partial charge in [-0.1, -0.05) is 29.8 Å². The van der Waals surface area contributed by atoms with Crippen molar-refractivity contribution in [2.45, 2.75) is 6.10 Å². The zero-order valence-electron chi connectivity index (χ0n) is 12.5. The smallest absolute Gasteiger partial charge is 0.251 e. The van der Waals surface area contributed by atoms with Crippen LogP contribution in [0.15, 0.2) is 42.6 Å². The average Bonchev–Trinajstić information content (AvgIpc) is 2.52. The summed E-state index contributed by atoms with van der Waals surface area (Å²) in [5, 5.41) is 13.3. The van der Waals surface area contributed by atoms with Crippen LogP contribution in [0, 0.1) is 0 Å². The van der Waals surface area contributed by atoms with Crippen molar-refractivity contribution in [3.8, 4) is 0 Å². The van der Waals surface area contributed by atoms with Crippen LogP contribution in [0.4, 0.5) is 5.82 Å². The predicted octanol–water partition coefficient (Wildman–Crippen LogP) is 2.26. The molecule has 0 aliphatic heterocycles. The highest BCUT2D eigenvalue weighted by atomic mass is 35.5. The molecular weight excluding hydrogens is 302 g/mol. The first kappa shape index (κ1) is 16.3. The van der Waals surface area contributed by atoms with Crippen molar-refractivity contribution >= 4 is 23.3 Å². The third-order valence-electron chi connectivity index (χ3n) is 3.19. The number of pyridine rings is 1. The zero-order valence-corrected chi connectivity index (χ0v) is 13.2. The molecule has 0 fully saturated rings. The van der Waals surface area contributed by atoms with Gasteiger partial charge in [0.25, 0.3) is 5.91 Å². The van der Waals surface area contributed by atoms with Crippen LogP contribution in [0.3, 0.4) is 0 Å². The van der Waals surface area contributed by atoms with Gasteiger partial charge >= 0.3 is 0 Å². The van der Waals surface area contributed by atoms with E-state index < -0.39 is 6.10 Å². The molecule has 0 spiro atoms. The fourth-order valence-corrected chi connectivity index (χ4v) is 2.21. The molecule has 2 rings (SSSR count). The summed E-state index contributed by atoms with van der Waals surface area (Å²) >= 11 is 6.02. The molecule has 1 aromatic heterocycles. The van der Waals surface area contributed by atoms with E-state index in [0.717, 1.165) is 0 Å². The Hall–Kier alpha value is -2.11. The number of aliphatic hydroxyl groups is 1. The number of carbonyl (C=O) groups is 1. The van der Waals surface area contributed by atoms with Crippen molar-refractivity contribution < 1.29 is 9.90 Å². The van der Waals surface area contributed by atoms with Crippen LogP contribution in [0.5, 0.6) is 0 Å². The van der Waals surface area contributed by atoms with Gasteiger partial charge in [-0.15, -0.1) is 0 Å². The van der Waals surface area contributed by atoms with E-state index in [1.807, 2.05) is 19.0 Å². The Morgan fingerprint density at radius 3 is 2.77 bits per heavy atom. The van der Waals surface area contributed by atoms with Gasteiger partial charge in [-0.2, -0.15) is 0 Å². The van der Waals surface area contributed by atoms with Crippen LogP contribution in [0.2, 0.25) is 5.02 Å². The van der Waals surface area contributed by atoms with Crippen molar-refractivity contribution in [2.24, 2.45) is 0 Å². The summed E-state index contributed by atoms with van der Waals surface area (Å²) in [4.78, 5) is 18.1. The highest BCUT2D eigenvalue weighted by Gasteiger charge is 2.14. The monoisotopic (exact) mass is 319 g/mol. The molecule has 1 heterocycles. The van der Waals surface area contributed by atoms with Gasteiger partial charge in [0, 0.05) is 43.0 Å². The maximum Gasteiger partial charge on any atom is 0.251 e. The summed E-state index contributed by atoms with van der Waals surface area (Å²) in [6.45, 7) is 0.0855. The second kappa shape index (κ2) is 7.24. The SMILES string of the molecule is CN(C)c1cc(C(=O)NCC(O)c2ccccc2Cl)ccn1. The zero-order chi connectivity index (χ0) is 16.1. The molecule has 6 heteroatoms. The summed E-state index contributed by atoms with van der Waals surface area (Å²) in [7, 11) is 3.70. The predicted molar refractivity (Wildman–Crippen MR) is 87.3 cm³/mol. The van der Waals surface area contributed by atoms with Gasteiger partial charge < -0.3 is 15.3 Å². The van der Waals surface area contributed by atoms with E-state index >= 15 is 0 Å². The fraction of sp³-hybridized carbons (Fsp3) is 0.250. The van der Waals surface area contributed by atoms with Gasteiger partial charge in [-0.05, 0) is 18.2 Å². The Kier molecular flexibility index (Phi) is 5.35. The summed E-state index contributed by atoms with van der Waals surface area (Å²) in [6.07, 6.45) is 0.724. The van der Waals surface area contributed by atoms with Crippen molar-refractivity contribution in [3.63, 3.8) is 0 Å². The minimum absolute atomic E-state index is 0.0855. The molecule has 1 atom stereocenters. The number of nitrogens with zero attached hydrogens (tertiary/aromatic N) is 2. The van der Waals surface area contributed by atoms with Crippen molar-refractivity contribution in [1.29, 1.82) is 0 Å². The Balaban J connectivity index is 2.01. The molecule has 1 aromatic carbocycles. The number of carbonyl (C=O) groups excluding carboxylic acids is 1. The molecule has 0 aliphatic carbocycles. The molecule has 2 N–H and O–H groups in total. The van der Waals surface area contributed by atoms with Crippen LogP contribution >= 0.6 is 11.6 Å². The molecule has 0 saturated heterocycles. The second-order valence-corrected chi connectivity index (χ2v) is 5.45. The van der Waals surface area contributed by atoms with E-state index in [-0.39, 0.29) is 12.5 Å². The summed E-state index contributed by atoms with van der Waals surface area (Å²) in [6, 6.07) is 10.3. The quantitative estimate of drug-likeness (QED) is 0.887. The van der Waals surface area contributed by atoms with Gasteiger partial charge in [0.2, 0.25) is 0 Å². The van der Waals surface area contributed by atoms with Crippen LogP contribution in [0.25, 0.3) is 0 Å². The first-order valence-corrected chi connectivity index (χ1v) is 7.21. The molecular formula is C16H18ClN3O2. The Morgan fingerprint density at radius 1 is 1.36 bits per heavy atom. The molecule has 22 heavy (non-hydrogen) atoms. The average molecular weight is 320 g/mol. The highest BCUT2D eigenvalue weighted by molar-refractivity contribution is 6.31. The molecule has 2 aromatic rings. The van der Waals surface area contributed by atoms with E-state index in [1.165, 1.54) is 0 Å². The Bertz CT molecular complexity index is 661. The summed E-state index contributed by atoms with van der Waals surface area (Å²) < 4.78 is 0. The normalized spacial score (nSPS) is 11.8. The number of amides is 1. The molecule has 5 nitrogen and oxygen atoms in total. The van der Waals surface area contributed by atoms with Gasteiger partial charge in [0.05, 0.1) is 6.10 Å². The third-order valence-corrected chi connectivity index (χ3v) is 3.53. The van der Waals surface area contributed by atoms with E-state index in [4.69, 9.17) is 11.6 Å². The van der Waals surface area contributed by atoms with Crippen LogP contribution < -0.4 is 10.2 Å². The van der Waals surface area contributed by atoms with Crippen molar-refractivity contribution in [3.05, 3.63) is 58.7 Å². The number of rotatable bonds is 5. The molecule has 0 saturated carbocycles. The number of halogens is 1. The number of nitrogens with one attached hydrogen (secondary N) is 1. The van der Waals surface area contributed by atoms with Gasteiger partial charge in [-0.25, -0.2) is 4.98 Å². The lowest BCUT2D eigenvalue weighted by atomic mass is 10.1. The molecule has 116 valence electrons. The Labute approximate surface area is 134 Å². The highest BCUT2D eigenvalue weighted by Crippen LogP contribution is 2.22.